The zero-order chi connectivity index (χ0) is 27.9. The molecule has 11 heteroatoms. The van der Waals surface area contributed by atoms with Crippen LogP contribution in [0.3, 0.4) is 0 Å². The third-order valence-electron chi connectivity index (χ3n) is 7.81. The smallest absolute Gasteiger partial charge is 0.325 e. The number of alkyl halides is 5. The second-order valence-electron chi connectivity index (χ2n) is 9.79. The normalized spacial score (nSPS) is 26.8. The first-order chi connectivity index (χ1) is 18.4. The van der Waals surface area contributed by atoms with Gasteiger partial charge < -0.3 is 5.32 Å². The van der Waals surface area contributed by atoms with E-state index in [-0.39, 0.29) is 23.7 Å². The lowest BCUT2D eigenvalue weighted by Crippen LogP contribution is -2.57. The number of rotatable bonds is 4. The molecule has 3 amide bonds. The van der Waals surface area contributed by atoms with Crippen molar-refractivity contribution in [3.05, 3.63) is 99.6 Å². The predicted octanol–water partition coefficient (Wildman–Crippen LogP) is 6.28. The Hall–Kier alpha value is -3.07. The molecule has 4 aliphatic rings. The SMILES string of the molecule is O=C(CCN1C(=O)[C@H]2[C@H](C1=O)C1(Cl)c3ccccc3C2(Cl)c2ccccc21)Nc1cc(C(F)(F)F)ccc1Cl. The number of carbonyl (C=O) groups is 3. The van der Waals surface area contributed by atoms with Gasteiger partial charge in [0.1, 0.15) is 9.75 Å². The van der Waals surface area contributed by atoms with Gasteiger partial charge in [-0.05, 0) is 40.5 Å². The number of halogens is 6. The molecule has 0 aromatic heterocycles. The van der Waals surface area contributed by atoms with Crippen LogP contribution >= 0.6 is 34.8 Å². The molecule has 1 N–H and O–H groups in total. The number of nitrogens with zero attached hydrogens (tertiary/aromatic N) is 1. The highest BCUT2D eigenvalue weighted by Gasteiger charge is 2.72. The van der Waals surface area contributed by atoms with Gasteiger partial charge in [0.15, 0.2) is 0 Å². The molecule has 1 fully saturated rings. The number of hydrogen-bond donors (Lipinski definition) is 1. The summed E-state index contributed by atoms with van der Waals surface area (Å²) in [7, 11) is 0. The number of benzene rings is 3. The van der Waals surface area contributed by atoms with E-state index in [4.69, 9.17) is 34.8 Å². The number of likely N-dealkylation sites (tertiary alicyclic amines) is 1. The lowest BCUT2D eigenvalue weighted by molar-refractivity contribution is -0.140. The van der Waals surface area contributed by atoms with E-state index >= 15 is 0 Å². The summed E-state index contributed by atoms with van der Waals surface area (Å²) < 4.78 is 39.3. The van der Waals surface area contributed by atoms with E-state index in [1.165, 1.54) is 0 Å². The Morgan fingerprint density at radius 3 is 1.74 bits per heavy atom. The highest BCUT2D eigenvalue weighted by molar-refractivity contribution is 6.36. The molecule has 7 rings (SSSR count). The summed E-state index contributed by atoms with van der Waals surface area (Å²) in [5.74, 6) is -3.84. The maximum atomic E-state index is 13.8. The van der Waals surface area contributed by atoms with Crippen LogP contribution in [0.25, 0.3) is 0 Å². The number of imide groups is 1. The van der Waals surface area contributed by atoms with Gasteiger partial charge in [-0.1, -0.05) is 60.1 Å². The standard InChI is InChI=1S/C28H18Cl3F3N2O3/c29-19-10-9-14(28(32,33)34)13-20(19)35-21(37)11-12-36-24(38)22-23(25(36)39)27(31)16-6-2-1-5-15(16)26(22,30)17-7-3-4-8-18(17)27/h1-10,13,22-23H,11-12H2,(H,35,37)/t22-,23-,26?,27?/m1/s1. The lowest BCUT2D eigenvalue weighted by Gasteiger charge is -2.54. The van der Waals surface area contributed by atoms with Crippen LogP contribution in [0.1, 0.15) is 34.2 Å². The molecular weight excluding hydrogens is 576 g/mol. The third kappa shape index (κ3) is 3.58. The Balaban J connectivity index is 1.30. The van der Waals surface area contributed by atoms with Crippen LogP contribution in [0.5, 0.6) is 0 Å². The first-order valence-electron chi connectivity index (χ1n) is 12.0. The van der Waals surface area contributed by atoms with Gasteiger partial charge in [0.05, 0.1) is 28.1 Å². The summed E-state index contributed by atoms with van der Waals surface area (Å²) in [4.78, 5) is 38.5. The Kier molecular flexibility index (Phi) is 5.85. The maximum absolute atomic E-state index is 13.8. The van der Waals surface area contributed by atoms with Crippen molar-refractivity contribution in [2.24, 2.45) is 11.8 Å². The van der Waals surface area contributed by atoms with Crippen molar-refractivity contribution in [3.63, 3.8) is 0 Å². The molecule has 200 valence electrons. The van der Waals surface area contributed by atoms with Crippen molar-refractivity contribution in [2.45, 2.75) is 22.3 Å². The molecule has 2 bridgehead atoms. The molecule has 0 spiro atoms. The van der Waals surface area contributed by atoms with Crippen LogP contribution in [-0.4, -0.2) is 29.2 Å². The van der Waals surface area contributed by atoms with Crippen LogP contribution in [0, 0.1) is 11.8 Å². The molecule has 3 aromatic rings. The number of nitrogens with one attached hydrogen (secondary N) is 1. The average molecular weight is 594 g/mol. The molecule has 1 saturated heterocycles. The van der Waals surface area contributed by atoms with E-state index in [1.54, 1.807) is 48.5 Å². The summed E-state index contributed by atoms with van der Waals surface area (Å²) in [6, 6.07) is 17.0. The molecule has 1 heterocycles. The van der Waals surface area contributed by atoms with Crippen molar-refractivity contribution in [2.75, 3.05) is 11.9 Å². The fourth-order valence-corrected chi connectivity index (χ4v) is 7.43. The zero-order valence-corrected chi connectivity index (χ0v) is 22.1. The lowest BCUT2D eigenvalue weighted by atomic mass is 9.54. The predicted molar refractivity (Wildman–Crippen MR) is 140 cm³/mol. The first-order valence-corrected chi connectivity index (χ1v) is 13.1. The summed E-state index contributed by atoms with van der Waals surface area (Å²) >= 11 is 20.7. The monoisotopic (exact) mass is 592 g/mol. The van der Waals surface area contributed by atoms with Gasteiger partial charge in [-0.15, -0.1) is 23.2 Å². The molecule has 39 heavy (non-hydrogen) atoms. The Morgan fingerprint density at radius 1 is 0.846 bits per heavy atom. The van der Waals surface area contributed by atoms with Crippen LogP contribution in [-0.2, 0) is 30.3 Å². The highest BCUT2D eigenvalue weighted by Crippen LogP contribution is 2.69. The Labute approximate surface area is 235 Å². The zero-order valence-electron chi connectivity index (χ0n) is 19.9. The fourth-order valence-electron chi connectivity index (χ4n) is 6.17. The number of amides is 3. The van der Waals surface area contributed by atoms with Crippen LogP contribution in [0.15, 0.2) is 66.7 Å². The Bertz CT molecular complexity index is 1450. The Morgan fingerprint density at radius 2 is 1.31 bits per heavy atom. The van der Waals surface area contributed by atoms with Crippen molar-refractivity contribution < 1.29 is 27.6 Å². The summed E-state index contributed by atoms with van der Waals surface area (Å²) in [5, 5.41) is 2.25. The molecule has 3 aliphatic carbocycles. The first kappa shape index (κ1) is 26.2. The van der Waals surface area contributed by atoms with Gasteiger partial charge in [-0.25, -0.2) is 0 Å². The molecule has 5 nitrogen and oxygen atoms in total. The van der Waals surface area contributed by atoms with E-state index in [0.717, 1.165) is 23.1 Å². The van der Waals surface area contributed by atoms with E-state index in [0.29, 0.717) is 22.3 Å². The van der Waals surface area contributed by atoms with Crippen LogP contribution in [0.4, 0.5) is 18.9 Å². The third-order valence-corrected chi connectivity index (χ3v) is 9.42. The van der Waals surface area contributed by atoms with Gasteiger partial charge in [0, 0.05) is 13.0 Å². The van der Waals surface area contributed by atoms with Gasteiger partial charge in [0.25, 0.3) is 0 Å². The topological polar surface area (TPSA) is 66.5 Å². The summed E-state index contributed by atoms with van der Waals surface area (Å²) in [6.45, 7) is -0.306. The van der Waals surface area contributed by atoms with Gasteiger partial charge in [-0.2, -0.15) is 13.2 Å². The largest absolute Gasteiger partial charge is 0.416 e. The van der Waals surface area contributed by atoms with Gasteiger partial charge >= 0.3 is 6.18 Å². The molecular formula is C28H18Cl3F3N2O3. The molecule has 2 atom stereocenters. The van der Waals surface area contributed by atoms with Crippen LogP contribution < -0.4 is 5.32 Å². The molecule has 3 aromatic carbocycles. The highest BCUT2D eigenvalue weighted by atomic mass is 35.5. The second-order valence-corrected chi connectivity index (χ2v) is 11.4. The maximum Gasteiger partial charge on any atom is 0.416 e. The van der Waals surface area contributed by atoms with Crippen LogP contribution in [0.2, 0.25) is 5.02 Å². The van der Waals surface area contributed by atoms with Gasteiger partial charge in [-0.3, -0.25) is 19.3 Å². The van der Waals surface area contributed by atoms with Crippen molar-refractivity contribution in [1.82, 2.24) is 4.90 Å². The van der Waals surface area contributed by atoms with Gasteiger partial charge in [0.2, 0.25) is 17.7 Å². The molecule has 1 aliphatic heterocycles. The van der Waals surface area contributed by atoms with Crippen molar-refractivity contribution in [1.29, 1.82) is 0 Å². The van der Waals surface area contributed by atoms with E-state index in [1.807, 2.05) is 0 Å². The minimum atomic E-state index is -4.63. The van der Waals surface area contributed by atoms with Crippen molar-refractivity contribution >= 4 is 58.2 Å². The molecule has 0 radical (unpaired) electrons. The average Bonchev–Trinajstić information content (AvgIpc) is 3.17. The van der Waals surface area contributed by atoms with Crippen molar-refractivity contribution in [3.8, 4) is 0 Å². The summed E-state index contributed by atoms with van der Waals surface area (Å²) in [5.41, 5.74) is 1.41. The quantitative estimate of drug-likeness (QED) is 0.286. The number of carbonyl (C=O) groups excluding carboxylic acids is 3. The fraction of sp³-hybridized carbons (Fsp3) is 0.250. The van der Waals surface area contributed by atoms with E-state index < -0.39 is 51.0 Å². The second kappa shape index (κ2) is 8.71. The number of hydrogen-bond acceptors (Lipinski definition) is 3. The number of anilines is 1. The summed E-state index contributed by atoms with van der Waals surface area (Å²) in [6.07, 6.45) is -4.99. The molecule has 0 saturated carbocycles. The van der Waals surface area contributed by atoms with E-state index in [2.05, 4.69) is 5.32 Å². The minimum Gasteiger partial charge on any atom is -0.325 e. The molecule has 0 unspecified atom stereocenters. The minimum absolute atomic E-state index is 0.0871. The van der Waals surface area contributed by atoms with E-state index in [9.17, 15) is 27.6 Å².